The first-order chi connectivity index (χ1) is 18.1. The van der Waals surface area contributed by atoms with Crippen LogP contribution in [0.4, 0.5) is 17.6 Å². The van der Waals surface area contributed by atoms with Gasteiger partial charge in [0.2, 0.25) is 5.91 Å². The summed E-state index contributed by atoms with van der Waals surface area (Å²) in [5.41, 5.74) is -2.89. The van der Waals surface area contributed by atoms with Gasteiger partial charge in [0, 0.05) is 41.5 Å². The van der Waals surface area contributed by atoms with E-state index in [2.05, 4.69) is 4.98 Å². The van der Waals surface area contributed by atoms with Crippen LogP contribution in [-0.4, -0.2) is 57.5 Å². The third-order valence-corrected chi connectivity index (χ3v) is 8.05. The van der Waals surface area contributed by atoms with Crippen LogP contribution in [0.1, 0.15) is 69.3 Å². The van der Waals surface area contributed by atoms with Crippen molar-refractivity contribution in [1.82, 2.24) is 9.88 Å². The van der Waals surface area contributed by atoms with Gasteiger partial charge in [-0.15, -0.1) is 0 Å². The second-order valence-electron chi connectivity index (χ2n) is 11.1. The summed E-state index contributed by atoms with van der Waals surface area (Å²) >= 11 is 0. The second kappa shape index (κ2) is 10.1. The molecule has 10 heteroatoms. The minimum absolute atomic E-state index is 0.166. The lowest BCUT2D eigenvalue weighted by Crippen LogP contribution is -2.52. The number of hydrogen-bond acceptors (Lipinski definition) is 4. The van der Waals surface area contributed by atoms with Crippen LogP contribution in [-0.2, 0) is 10.2 Å². The number of fused-ring (bicyclic) bond motifs is 1. The fourth-order valence-electron chi connectivity index (χ4n) is 5.86. The SMILES string of the molecule is COc1ccc(F)cc1C(C)(C)CC(O)(C(C)c1cc2cc(C3C(O)CCN3C(C)=O)ccc2[nH]1)C(F)(F)F. The molecule has 6 nitrogen and oxygen atoms in total. The van der Waals surface area contributed by atoms with Gasteiger partial charge in [-0.3, -0.25) is 4.79 Å². The van der Waals surface area contributed by atoms with Gasteiger partial charge in [-0.1, -0.05) is 26.8 Å². The van der Waals surface area contributed by atoms with Crippen molar-refractivity contribution in [2.75, 3.05) is 13.7 Å². The van der Waals surface area contributed by atoms with Gasteiger partial charge in [-0.25, -0.2) is 4.39 Å². The van der Waals surface area contributed by atoms with E-state index < -0.39 is 47.5 Å². The molecule has 3 N–H and O–H groups in total. The number of likely N-dealkylation sites (tertiary alicyclic amines) is 1. The summed E-state index contributed by atoms with van der Waals surface area (Å²) in [6.45, 7) is 6.17. The van der Waals surface area contributed by atoms with Crippen LogP contribution in [0.3, 0.4) is 0 Å². The van der Waals surface area contributed by atoms with Gasteiger partial charge in [0.1, 0.15) is 11.6 Å². The maximum absolute atomic E-state index is 14.6. The monoisotopic (exact) mass is 550 g/mol. The predicted molar refractivity (Wildman–Crippen MR) is 139 cm³/mol. The highest BCUT2D eigenvalue weighted by atomic mass is 19.4. The fourth-order valence-corrected chi connectivity index (χ4v) is 5.86. The summed E-state index contributed by atoms with van der Waals surface area (Å²) < 4.78 is 63.2. The maximum atomic E-state index is 14.6. The minimum atomic E-state index is -5.01. The molecule has 1 fully saturated rings. The summed E-state index contributed by atoms with van der Waals surface area (Å²) in [5.74, 6) is -1.99. The van der Waals surface area contributed by atoms with Crippen molar-refractivity contribution < 1.29 is 37.3 Å². The van der Waals surface area contributed by atoms with Crippen LogP contribution in [0.2, 0.25) is 0 Å². The van der Waals surface area contributed by atoms with Crippen molar-refractivity contribution in [3.05, 3.63) is 65.1 Å². The first kappa shape index (κ1) is 28.9. The van der Waals surface area contributed by atoms with Crippen molar-refractivity contribution in [1.29, 1.82) is 0 Å². The number of halogens is 4. The minimum Gasteiger partial charge on any atom is -0.496 e. The number of aliphatic hydroxyl groups is 2. The van der Waals surface area contributed by atoms with Gasteiger partial charge in [-0.2, -0.15) is 13.2 Å². The molecule has 2 aromatic carbocycles. The van der Waals surface area contributed by atoms with Crippen LogP contribution in [0, 0.1) is 5.82 Å². The number of carbonyl (C=O) groups is 1. The van der Waals surface area contributed by atoms with Crippen LogP contribution in [0.15, 0.2) is 42.5 Å². The van der Waals surface area contributed by atoms with E-state index in [0.29, 0.717) is 29.4 Å². The molecule has 1 aliphatic rings. The molecule has 2 heterocycles. The Morgan fingerprint density at radius 1 is 1.18 bits per heavy atom. The summed E-state index contributed by atoms with van der Waals surface area (Å²) in [4.78, 5) is 16.6. The normalized spacial score (nSPS) is 20.7. The molecule has 0 aliphatic carbocycles. The van der Waals surface area contributed by atoms with Crippen LogP contribution < -0.4 is 4.74 Å². The van der Waals surface area contributed by atoms with E-state index in [1.165, 1.54) is 40.9 Å². The number of aromatic nitrogens is 1. The molecule has 0 bridgehead atoms. The molecule has 1 saturated heterocycles. The number of methoxy groups -OCH3 is 1. The maximum Gasteiger partial charge on any atom is 0.417 e. The van der Waals surface area contributed by atoms with Crippen LogP contribution >= 0.6 is 0 Å². The molecule has 0 spiro atoms. The second-order valence-corrected chi connectivity index (χ2v) is 11.1. The van der Waals surface area contributed by atoms with Crippen molar-refractivity contribution >= 4 is 16.8 Å². The Hall–Kier alpha value is -3.11. The number of amides is 1. The number of benzene rings is 2. The summed E-state index contributed by atoms with van der Waals surface area (Å²) in [5, 5.41) is 22.4. The Balaban J connectivity index is 1.72. The molecule has 4 unspecified atom stereocenters. The number of aliphatic hydroxyl groups excluding tert-OH is 1. The number of hydrogen-bond donors (Lipinski definition) is 3. The fraction of sp³-hybridized carbons (Fsp3) is 0.483. The van der Waals surface area contributed by atoms with E-state index in [1.807, 2.05) is 0 Å². The van der Waals surface area contributed by atoms with Gasteiger partial charge in [0.15, 0.2) is 5.60 Å². The van der Waals surface area contributed by atoms with Crippen molar-refractivity contribution in [2.24, 2.45) is 0 Å². The molecular formula is C29H34F4N2O4. The summed E-state index contributed by atoms with van der Waals surface area (Å²) in [7, 11) is 1.35. The molecule has 4 atom stereocenters. The third kappa shape index (κ3) is 5.24. The highest BCUT2D eigenvalue weighted by Crippen LogP contribution is 2.50. The van der Waals surface area contributed by atoms with Crippen molar-refractivity contribution in [3.63, 3.8) is 0 Å². The zero-order valence-electron chi connectivity index (χ0n) is 22.6. The van der Waals surface area contributed by atoms with Gasteiger partial charge < -0.3 is 24.8 Å². The van der Waals surface area contributed by atoms with E-state index >= 15 is 0 Å². The summed E-state index contributed by atoms with van der Waals surface area (Å²) in [6, 6.07) is 9.82. The number of carbonyl (C=O) groups excluding carboxylic acids is 1. The van der Waals surface area contributed by atoms with Crippen LogP contribution in [0.5, 0.6) is 5.75 Å². The van der Waals surface area contributed by atoms with Crippen LogP contribution in [0.25, 0.3) is 10.9 Å². The average Bonchev–Trinajstić information content (AvgIpc) is 3.45. The number of alkyl halides is 3. The summed E-state index contributed by atoms with van der Waals surface area (Å²) in [6.07, 6.45) is -6.08. The lowest BCUT2D eigenvalue weighted by Gasteiger charge is -2.41. The molecule has 212 valence electrons. The van der Waals surface area contributed by atoms with Gasteiger partial charge in [-0.05, 0) is 60.2 Å². The number of rotatable bonds is 7. The quantitative estimate of drug-likeness (QED) is 0.328. The molecule has 3 aromatic rings. The number of aromatic amines is 1. The smallest absolute Gasteiger partial charge is 0.417 e. The third-order valence-electron chi connectivity index (χ3n) is 8.05. The number of nitrogens with zero attached hydrogens (tertiary/aromatic N) is 1. The number of ether oxygens (including phenoxy) is 1. The van der Waals surface area contributed by atoms with E-state index in [0.717, 1.165) is 12.1 Å². The van der Waals surface area contributed by atoms with E-state index in [4.69, 9.17) is 4.74 Å². The van der Waals surface area contributed by atoms with Gasteiger partial charge in [0.05, 0.1) is 19.3 Å². The van der Waals surface area contributed by atoms with Crippen molar-refractivity contribution in [3.8, 4) is 5.75 Å². The lowest BCUT2D eigenvalue weighted by molar-refractivity contribution is -0.274. The molecule has 1 aromatic heterocycles. The van der Waals surface area contributed by atoms with E-state index in [1.54, 1.807) is 29.2 Å². The molecule has 0 radical (unpaired) electrons. The van der Waals surface area contributed by atoms with E-state index in [-0.39, 0.29) is 22.9 Å². The molecule has 0 saturated carbocycles. The largest absolute Gasteiger partial charge is 0.496 e. The Labute approximate surface area is 224 Å². The molecule has 4 rings (SSSR count). The topological polar surface area (TPSA) is 85.8 Å². The highest BCUT2D eigenvalue weighted by molar-refractivity contribution is 5.82. The zero-order chi connectivity index (χ0) is 28.9. The standard InChI is InChI=1S/C29H34F4N2O4/c1-16(28(38,29(31,32)33)15-27(3,4)21-14-20(30)7-9-25(21)39-5)23-13-19-12-18(6-8-22(19)34-23)26-24(37)10-11-35(26)17(2)36/h6-9,12-14,16,24,26,34,37-38H,10-11,15H2,1-5H3. The Morgan fingerprint density at radius 3 is 2.49 bits per heavy atom. The molecule has 39 heavy (non-hydrogen) atoms. The molecule has 1 aliphatic heterocycles. The van der Waals surface area contributed by atoms with Crippen molar-refractivity contribution in [2.45, 2.75) is 75.8 Å². The first-order valence-corrected chi connectivity index (χ1v) is 12.8. The molecule has 1 amide bonds. The lowest BCUT2D eigenvalue weighted by atomic mass is 9.70. The number of H-pyrrole nitrogens is 1. The number of nitrogens with one attached hydrogen (secondary N) is 1. The Kier molecular flexibility index (Phi) is 7.50. The first-order valence-electron chi connectivity index (χ1n) is 12.8. The van der Waals surface area contributed by atoms with Gasteiger partial charge >= 0.3 is 6.18 Å². The zero-order valence-corrected chi connectivity index (χ0v) is 22.6. The Morgan fingerprint density at radius 2 is 1.87 bits per heavy atom. The predicted octanol–water partition coefficient (Wildman–Crippen LogP) is 5.73. The Bertz CT molecular complexity index is 1370. The van der Waals surface area contributed by atoms with Gasteiger partial charge in [0.25, 0.3) is 0 Å². The highest BCUT2D eigenvalue weighted by Gasteiger charge is 2.59. The average molecular weight is 551 g/mol. The molecular weight excluding hydrogens is 516 g/mol. The van der Waals surface area contributed by atoms with E-state index in [9.17, 15) is 32.6 Å².